The Balaban J connectivity index is 3.35. The smallest absolute Gasteiger partial charge is 0.220 e. The van der Waals surface area contributed by atoms with E-state index in [-0.39, 0.29) is 11.8 Å². The lowest BCUT2D eigenvalue weighted by atomic mass is 10.0. The van der Waals surface area contributed by atoms with E-state index in [4.69, 9.17) is 5.73 Å². The Morgan fingerprint density at radius 3 is 2.38 bits per heavy atom. The zero-order valence-corrected chi connectivity index (χ0v) is 8.51. The van der Waals surface area contributed by atoms with Crippen LogP contribution >= 0.6 is 0 Å². The van der Waals surface area contributed by atoms with E-state index >= 15 is 0 Å². The molecule has 0 radical (unpaired) electrons. The molecule has 13 heavy (non-hydrogen) atoms. The average molecular weight is 185 g/mol. The van der Waals surface area contributed by atoms with Gasteiger partial charge in [0.2, 0.25) is 5.91 Å². The highest BCUT2D eigenvalue weighted by molar-refractivity contribution is 5.78. The number of amides is 1. The normalized spacial score (nSPS) is 12.5. The molecule has 0 unspecified atom stereocenters. The van der Waals surface area contributed by atoms with Crippen LogP contribution in [0.1, 0.15) is 46.0 Å². The predicted molar refractivity (Wildman–Crippen MR) is 52.1 cm³/mol. The fourth-order valence-corrected chi connectivity index (χ4v) is 1.09. The van der Waals surface area contributed by atoms with Crippen LogP contribution < -0.4 is 5.73 Å². The van der Waals surface area contributed by atoms with Gasteiger partial charge >= 0.3 is 0 Å². The number of unbranched alkanes of at least 4 members (excludes halogenated alkanes) is 1. The first-order valence-electron chi connectivity index (χ1n) is 4.89. The standard InChI is InChI=1S/C10H19NO2/c1-3-9(12)7-5-4-6-8(2)10(11)13/h8H,3-7H2,1-2H3,(H2,11,13)/t8-/m0/s1. The summed E-state index contributed by atoms with van der Waals surface area (Å²) in [4.78, 5) is 21.5. The van der Waals surface area contributed by atoms with Crippen LogP contribution in [0.5, 0.6) is 0 Å². The number of carbonyl (C=O) groups excluding carboxylic acids is 2. The Hall–Kier alpha value is -0.860. The van der Waals surface area contributed by atoms with E-state index in [0.29, 0.717) is 18.6 Å². The van der Waals surface area contributed by atoms with Gasteiger partial charge in [-0.3, -0.25) is 9.59 Å². The Morgan fingerprint density at radius 1 is 1.31 bits per heavy atom. The van der Waals surface area contributed by atoms with E-state index in [0.717, 1.165) is 19.3 Å². The molecule has 3 nitrogen and oxygen atoms in total. The Bertz CT molecular complexity index is 178. The van der Waals surface area contributed by atoms with Gasteiger partial charge in [0.25, 0.3) is 0 Å². The van der Waals surface area contributed by atoms with Gasteiger partial charge in [0.1, 0.15) is 5.78 Å². The monoisotopic (exact) mass is 185 g/mol. The van der Waals surface area contributed by atoms with Crippen molar-refractivity contribution >= 4 is 11.7 Å². The molecule has 1 atom stereocenters. The number of nitrogens with two attached hydrogens (primary N) is 1. The Kier molecular flexibility index (Phi) is 6.20. The molecule has 0 bridgehead atoms. The third-order valence-electron chi connectivity index (χ3n) is 2.22. The van der Waals surface area contributed by atoms with Crippen LogP contribution in [0.15, 0.2) is 0 Å². The third kappa shape index (κ3) is 6.31. The molecule has 0 aromatic carbocycles. The quantitative estimate of drug-likeness (QED) is 0.613. The Labute approximate surface area is 79.7 Å². The van der Waals surface area contributed by atoms with Crippen molar-refractivity contribution in [1.82, 2.24) is 0 Å². The molecule has 0 rings (SSSR count). The van der Waals surface area contributed by atoms with Gasteiger partial charge in [0, 0.05) is 18.8 Å². The minimum atomic E-state index is -0.248. The van der Waals surface area contributed by atoms with Crippen LogP contribution in [0, 0.1) is 5.92 Å². The van der Waals surface area contributed by atoms with E-state index < -0.39 is 0 Å². The van der Waals surface area contributed by atoms with Crippen LogP contribution in [-0.2, 0) is 9.59 Å². The first kappa shape index (κ1) is 12.1. The SMILES string of the molecule is CCC(=O)CCCC[C@H](C)C(N)=O. The van der Waals surface area contributed by atoms with Crippen LogP contribution in [0.3, 0.4) is 0 Å². The minimum absolute atomic E-state index is 0.0586. The van der Waals surface area contributed by atoms with Crippen LogP contribution in [0.4, 0.5) is 0 Å². The maximum atomic E-state index is 10.9. The van der Waals surface area contributed by atoms with E-state index in [1.54, 1.807) is 0 Å². The van der Waals surface area contributed by atoms with Crippen LogP contribution in [-0.4, -0.2) is 11.7 Å². The predicted octanol–water partition coefficient (Wildman–Crippen LogP) is 1.65. The number of Topliss-reactive ketones (excluding diaryl/α,β-unsaturated/α-hetero) is 1. The van der Waals surface area contributed by atoms with Crippen molar-refractivity contribution in [3.8, 4) is 0 Å². The molecule has 0 aliphatic rings. The maximum Gasteiger partial charge on any atom is 0.220 e. The van der Waals surface area contributed by atoms with Crippen molar-refractivity contribution in [2.24, 2.45) is 11.7 Å². The lowest BCUT2D eigenvalue weighted by Gasteiger charge is -2.05. The molecular weight excluding hydrogens is 166 g/mol. The fourth-order valence-electron chi connectivity index (χ4n) is 1.09. The first-order chi connectivity index (χ1) is 6.07. The number of primary amides is 1. The lowest BCUT2D eigenvalue weighted by Crippen LogP contribution is -2.20. The molecule has 0 aliphatic heterocycles. The summed E-state index contributed by atoms with van der Waals surface area (Å²) in [7, 11) is 0. The van der Waals surface area contributed by atoms with Gasteiger partial charge in [0.15, 0.2) is 0 Å². The second-order valence-corrected chi connectivity index (χ2v) is 3.44. The Morgan fingerprint density at radius 2 is 1.92 bits per heavy atom. The van der Waals surface area contributed by atoms with Crippen LogP contribution in [0.25, 0.3) is 0 Å². The second-order valence-electron chi connectivity index (χ2n) is 3.44. The van der Waals surface area contributed by atoms with Crippen molar-refractivity contribution in [2.75, 3.05) is 0 Å². The summed E-state index contributed by atoms with van der Waals surface area (Å²) in [6.07, 6.45) is 3.85. The number of ketones is 1. The third-order valence-corrected chi connectivity index (χ3v) is 2.22. The molecule has 0 aromatic rings. The zero-order valence-electron chi connectivity index (χ0n) is 8.51. The summed E-state index contributed by atoms with van der Waals surface area (Å²) in [5.74, 6) is -0.00900. The highest BCUT2D eigenvalue weighted by atomic mass is 16.1. The summed E-state index contributed by atoms with van der Waals surface area (Å²) in [6, 6.07) is 0. The molecule has 2 N–H and O–H groups in total. The highest BCUT2D eigenvalue weighted by Gasteiger charge is 2.07. The topological polar surface area (TPSA) is 60.2 Å². The molecule has 0 spiro atoms. The van der Waals surface area contributed by atoms with Crippen molar-refractivity contribution in [1.29, 1.82) is 0 Å². The van der Waals surface area contributed by atoms with Crippen molar-refractivity contribution in [2.45, 2.75) is 46.0 Å². The van der Waals surface area contributed by atoms with Crippen LogP contribution in [0.2, 0.25) is 0 Å². The van der Waals surface area contributed by atoms with Gasteiger partial charge in [-0.05, 0) is 12.8 Å². The maximum absolute atomic E-state index is 10.9. The molecule has 0 heterocycles. The van der Waals surface area contributed by atoms with Crippen molar-refractivity contribution < 1.29 is 9.59 Å². The van der Waals surface area contributed by atoms with Crippen molar-refractivity contribution in [3.05, 3.63) is 0 Å². The van der Waals surface area contributed by atoms with E-state index in [9.17, 15) is 9.59 Å². The lowest BCUT2D eigenvalue weighted by molar-refractivity contribution is -0.121. The summed E-state index contributed by atoms with van der Waals surface area (Å²) < 4.78 is 0. The number of hydrogen-bond acceptors (Lipinski definition) is 2. The van der Waals surface area contributed by atoms with Gasteiger partial charge in [-0.15, -0.1) is 0 Å². The number of carbonyl (C=O) groups is 2. The molecule has 76 valence electrons. The van der Waals surface area contributed by atoms with Gasteiger partial charge in [-0.1, -0.05) is 20.3 Å². The summed E-state index contributed by atoms with van der Waals surface area (Å²) in [6.45, 7) is 3.69. The fraction of sp³-hybridized carbons (Fsp3) is 0.800. The second kappa shape index (κ2) is 6.63. The molecule has 0 saturated heterocycles. The first-order valence-corrected chi connectivity index (χ1v) is 4.89. The molecular formula is C10H19NO2. The molecule has 3 heteroatoms. The number of rotatable bonds is 7. The van der Waals surface area contributed by atoms with E-state index in [1.165, 1.54) is 0 Å². The molecule has 1 amide bonds. The van der Waals surface area contributed by atoms with E-state index in [2.05, 4.69) is 0 Å². The van der Waals surface area contributed by atoms with Gasteiger partial charge in [-0.25, -0.2) is 0 Å². The largest absolute Gasteiger partial charge is 0.369 e. The minimum Gasteiger partial charge on any atom is -0.369 e. The highest BCUT2D eigenvalue weighted by Crippen LogP contribution is 2.09. The molecule has 0 aromatic heterocycles. The summed E-state index contributed by atoms with van der Waals surface area (Å²) in [5, 5.41) is 0. The summed E-state index contributed by atoms with van der Waals surface area (Å²) in [5.41, 5.74) is 5.10. The van der Waals surface area contributed by atoms with E-state index in [1.807, 2.05) is 13.8 Å². The van der Waals surface area contributed by atoms with Gasteiger partial charge < -0.3 is 5.73 Å². The summed E-state index contributed by atoms with van der Waals surface area (Å²) >= 11 is 0. The zero-order chi connectivity index (χ0) is 10.3. The molecule has 0 aliphatic carbocycles. The molecule has 0 saturated carbocycles. The number of hydrogen-bond donors (Lipinski definition) is 1. The van der Waals surface area contributed by atoms with Gasteiger partial charge in [-0.2, -0.15) is 0 Å². The van der Waals surface area contributed by atoms with Crippen molar-refractivity contribution in [3.63, 3.8) is 0 Å². The van der Waals surface area contributed by atoms with Gasteiger partial charge in [0.05, 0.1) is 0 Å². The average Bonchev–Trinajstić information content (AvgIpc) is 2.11. The molecule has 0 fully saturated rings.